The molecule has 0 aromatic heterocycles. The van der Waals surface area contributed by atoms with Crippen LogP contribution in [-0.2, 0) is 23.9 Å². The maximum absolute atomic E-state index is 14.9. The molecule has 5 amide bonds. The van der Waals surface area contributed by atoms with Crippen LogP contribution >= 0.6 is 0 Å². The van der Waals surface area contributed by atoms with Crippen molar-refractivity contribution in [2.24, 2.45) is 38.7 Å². The van der Waals surface area contributed by atoms with Crippen molar-refractivity contribution in [3.05, 3.63) is 0 Å². The summed E-state index contributed by atoms with van der Waals surface area (Å²) in [5.74, 6) is -2.38. The van der Waals surface area contributed by atoms with Crippen LogP contribution in [0.1, 0.15) is 121 Å². The third-order valence-electron chi connectivity index (χ3n) is 14.0. The first-order chi connectivity index (χ1) is 23.5. The average Bonchev–Trinajstić information content (AvgIpc) is 3.19. The number of urea groups is 1. The molecule has 0 radical (unpaired) electrons. The van der Waals surface area contributed by atoms with Crippen LogP contribution < -0.4 is 21.7 Å². The van der Waals surface area contributed by atoms with Crippen molar-refractivity contribution in [2.45, 2.75) is 150 Å². The minimum atomic E-state index is -1.07. The number of ketones is 1. The first-order valence-corrected chi connectivity index (χ1v) is 19.3. The standard InChI is InChI=1S/C39H66N6O6/c1-34(2,3)27(21-44-17-18-51-23-36(44,7)8)42-33(50)43-29(35(4,5)6)32(49)45-22-39(37(9,10)38(39)15-12-16-38)20-26(45)31(48)41-25(28(46)30(40)47)19-24-13-11-14-24/h24-27,29H,11-23H2,1-10H3,(H2,40,47)(H,41,48)(H2,42,43,50)/t25?,26-,27+,29+,39?/m0/s1. The zero-order valence-corrected chi connectivity index (χ0v) is 33.0. The van der Waals surface area contributed by atoms with Crippen molar-refractivity contribution in [1.82, 2.24) is 25.8 Å². The molecule has 5 N–H and O–H groups in total. The lowest BCUT2D eigenvalue weighted by Gasteiger charge is -2.46. The topological polar surface area (TPSA) is 163 Å². The van der Waals surface area contributed by atoms with E-state index in [4.69, 9.17) is 10.5 Å². The third-order valence-corrected chi connectivity index (χ3v) is 14.0. The van der Waals surface area contributed by atoms with Gasteiger partial charge in [-0.05, 0) is 67.1 Å². The summed E-state index contributed by atoms with van der Waals surface area (Å²) in [7, 11) is 0. The number of carbonyl (C=O) groups is 5. The van der Waals surface area contributed by atoms with Gasteiger partial charge in [0.1, 0.15) is 12.1 Å². The SMILES string of the molecule is CC(C)(C)[C@H](NC(=O)N[C@H](CN1CCOCC1(C)C)C(C)(C)C)C(=O)N1CC2(C[C@H]1C(=O)NC(CC1CCC1)C(=O)C(N)=O)C(C)(C)C21CCC1. The Kier molecular flexibility index (Phi) is 10.5. The highest BCUT2D eigenvalue weighted by atomic mass is 16.5. The van der Waals surface area contributed by atoms with E-state index in [9.17, 15) is 24.0 Å². The Bertz CT molecular complexity index is 1390. The van der Waals surface area contributed by atoms with Crippen LogP contribution in [0.5, 0.6) is 0 Å². The molecule has 5 aliphatic rings. The molecule has 5 rings (SSSR count). The second-order valence-corrected chi connectivity index (χ2v) is 19.8. The van der Waals surface area contributed by atoms with Crippen LogP contribution in [0, 0.1) is 33.0 Å². The van der Waals surface area contributed by atoms with Gasteiger partial charge in [-0.2, -0.15) is 0 Å². The minimum absolute atomic E-state index is 0.0527. The summed E-state index contributed by atoms with van der Waals surface area (Å²) in [6.07, 6.45) is 6.99. The molecule has 5 fully saturated rings. The van der Waals surface area contributed by atoms with Crippen molar-refractivity contribution in [1.29, 1.82) is 0 Å². The number of Topliss-reactive ketones (excluding diaryl/α,β-unsaturated/α-hetero) is 1. The van der Waals surface area contributed by atoms with Crippen molar-refractivity contribution in [2.75, 3.05) is 32.8 Å². The van der Waals surface area contributed by atoms with Crippen LogP contribution in [0.4, 0.5) is 4.79 Å². The highest BCUT2D eigenvalue weighted by Crippen LogP contribution is 2.88. The zero-order valence-electron chi connectivity index (χ0n) is 33.0. The first-order valence-electron chi connectivity index (χ1n) is 19.3. The number of amides is 5. The number of nitrogens with zero attached hydrogens (tertiary/aromatic N) is 2. The molecule has 12 nitrogen and oxygen atoms in total. The summed E-state index contributed by atoms with van der Waals surface area (Å²) in [6, 6.07) is -3.45. The smallest absolute Gasteiger partial charge is 0.315 e. The van der Waals surface area contributed by atoms with Crippen molar-refractivity contribution < 1.29 is 28.7 Å². The second-order valence-electron chi connectivity index (χ2n) is 19.8. The predicted molar refractivity (Wildman–Crippen MR) is 195 cm³/mol. The van der Waals surface area contributed by atoms with Gasteiger partial charge in [0.15, 0.2) is 0 Å². The van der Waals surface area contributed by atoms with Gasteiger partial charge in [-0.15, -0.1) is 0 Å². The summed E-state index contributed by atoms with van der Waals surface area (Å²) in [4.78, 5) is 72.1. The van der Waals surface area contributed by atoms with E-state index >= 15 is 0 Å². The molecule has 5 atom stereocenters. The average molecular weight is 715 g/mol. The number of likely N-dealkylation sites (tertiary alicyclic amines) is 1. The quantitative estimate of drug-likeness (QED) is 0.237. The number of fused-ring (bicyclic) bond motifs is 1. The zero-order chi connectivity index (χ0) is 37.9. The number of nitrogens with two attached hydrogens (primary N) is 1. The Morgan fingerprint density at radius 2 is 1.53 bits per heavy atom. The number of hydrogen-bond donors (Lipinski definition) is 4. The maximum Gasteiger partial charge on any atom is 0.315 e. The maximum atomic E-state index is 14.9. The van der Waals surface area contributed by atoms with Crippen LogP contribution in [-0.4, -0.2) is 102 Å². The molecule has 12 heteroatoms. The fourth-order valence-corrected chi connectivity index (χ4v) is 9.93. The molecule has 51 heavy (non-hydrogen) atoms. The molecular weight excluding hydrogens is 648 g/mol. The van der Waals surface area contributed by atoms with Gasteiger partial charge in [0, 0.05) is 36.6 Å². The first kappa shape index (κ1) is 39.5. The molecule has 2 saturated heterocycles. The molecule has 2 unspecified atom stereocenters. The predicted octanol–water partition coefficient (Wildman–Crippen LogP) is 3.75. The van der Waals surface area contributed by atoms with Gasteiger partial charge in [0.2, 0.25) is 17.6 Å². The van der Waals surface area contributed by atoms with E-state index in [1.807, 2.05) is 20.8 Å². The van der Waals surface area contributed by atoms with Crippen LogP contribution in [0.3, 0.4) is 0 Å². The number of carbonyl (C=O) groups excluding carboxylic acids is 5. The lowest BCUT2D eigenvalue weighted by Crippen LogP contribution is -2.63. The molecule has 3 aliphatic carbocycles. The van der Waals surface area contributed by atoms with E-state index in [-0.39, 0.29) is 45.1 Å². The summed E-state index contributed by atoms with van der Waals surface area (Å²) >= 11 is 0. The summed E-state index contributed by atoms with van der Waals surface area (Å²) in [6.45, 7) is 23.9. The second kappa shape index (κ2) is 13.6. The van der Waals surface area contributed by atoms with E-state index < -0.39 is 47.2 Å². The number of ether oxygens (including phenoxy) is 1. The molecule has 2 spiro atoms. The molecular formula is C39H66N6O6. The van der Waals surface area contributed by atoms with Crippen molar-refractivity contribution in [3.8, 4) is 0 Å². The highest BCUT2D eigenvalue weighted by molar-refractivity contribution is 6.37. The van der Waals surface area contributed by atoms with E-state index in [0.717, 1.165) is 45.1 Å². The van der Waals surface area contributed by atoms with Crippen LogP contribution in [0.25, 0.3) is 0 Å². The number of primary amides is 1. The molecule has 288 valence electrons. The Morgan fingerprint density at radius 1 is 0.882 bits per heavy atom. The molecule has 2 heterocycles. The molecule has 3 saturated carbocycles. The Hall–Kier alpha value is -2.73. The summed E-state index contributed by atoms with van der Waals surface area (Å²) in [5, 5.41) is 9.16. The molecule has 2 aliphatic heterocycles. The Labute approximate surface area is 305 Å². The largest absolute Gasteiger partial charge is 0.378 e. The highest BCUT2D eigenvalue weighted by Gasteiger charge is 2.85. The number of nitrogens with one attached hydrogen (secondary N) is 3. The van der Waals surface area contributed by atoms with Crippen LogP contribution in [0.15, 0.2) is 0 Å². The van der Waals surface area contributed by atoms with E-state index in [0.29, 0.717) is 39.1 Å². The summed E-state index contributed by atoms with van der Waals surface area (Å²) < 4.78 is 5.73. The van der Waals surface area contributed by atoms with Crippen LogP contribution in [0.2, 0.25) is 0 Å². The number of hydrogen-bond acceptors (Lipinski definition) is 7. The van der Waals surface area contributed by atoms with E-state index in [2.05, 4.69) is 69.3 Å². The molecule has 0 bridgehead atoms. The Morgan fingerprint density at radius 3 is 2.00 bits per heavy atom. The lowest BCUT2D eigenvalue weighted by atomic mass is 9.73. The number of morpholine rings is 1. The van der Waals surface area contributed by atoms with Gasteiger partial charge >= 0.3 is 6.03 Å². The Balaban J connectivity index is 1.39. The fraction of sp³-hybridized carbons (Fsp3) is 0.872. The summed E-state index contributed by atoms with van der Waals surface area (Å²) in [5.41, 5.74) is 4.02. The van der Waals surface area contributed by atoms with Crippen molar-refractivity contribution >= 4 is 29.5 Å². The van der Waals surface area contributed by atoms with Crippen molar-refractivity contribution in [3.63, 3.8) is 0 Å². The van der Waals surface area contributed by atoms with E-state index in [1.54, 1.807) is 4.90 Å². The fourth-order valence-electron chi connectivity index (χ4n) is 9.93. The van der Waals surface area contributed by atoms with Gasteiger partial charge in [-0.3, -0.25) is 24.1 Å². The van der Waals surface area contributed by atoms with Gasteiger partial charge in [0.05, 0.1) is 19.3 Å². The molecule has 0 aromatic carbocycles. The van der Waals surface area contributed by atoms with E-state index in [1.165, 1.54) is 0 Å². The van der Waals surface area contributed by atoms with Gasteiger partial charge in [-0.25, -0.2) is 4.79 Å². The lowest BCUT2D eigenvalue weighted by molar-refractivity contribution is -0.143. The molecule has 0 aromatic rings. The minimum Gasteiger partial charge on any atom is -0.378 e. The normalized spacial score (nSPS) is 28.6. The monoisotopic (exact) mass is 715 g/mol. The van der Waals surface area contributed by atoms with Gasteiger partial charge in [-0.1, -0.05) is 81.1 Å². The van der Waals surface area contributed by atoms with Gasteiger partial charge in [0.25, 0.3) is 5.91 Å². The van der Waals surface area contributed by atoms with Gasteiger partial charge < -0.3 is 31.3 Å². The number of rotatable bonds is 11. The third kappa shape index (κ3) is 7.17.